The van der Waals surface area contributed by atoms with E-state index in [2.05, 4.69) is 84.9 Å². The monoisotopic (exact) mass is 350 g/mol. The van der Waals surface area contributed by atoms with Crippen LogP contribution in [0.4, 0.5) is 0 Å². The van der Waals surface area contributed by atoms with Crippen molar-refractivity contribution in [3.05, 3.63) is 52.6 Å². The number of Topliss-reactive ketones (excluding diaryl/α,β-unsaturated/α-hetero) is 1. The lowest BCUT2D eigenvalue weighted by molar-refractivity contribution is -0.132. The van der Waals surface area contributed by atoms with Crippen molar-refractivity contribution in [1.82, 2.24) is 0 Å². The lowest BCUT2D eigenvalue weighted by Gasteiger charge is -2.43. The van der Waals surface area contributed by atoms with Gasteiger partial charge in [0.05, 0.1) is 5.41 Å². The van der Waals surface area contributed by atoms with Gasteiger partial charge in [-0.05, 0) is 49.5 Å². The van der Waals surface area contributed by atoms with Crippen LogP contribution < -0.4 is 0 Å². The summed E-state index contributed by atoms with van der Waals surface area (Å²) < 4.78 is 0. The largest absolute Gasteiger partial charge is 0.298 e. The number of rotatable bonds is 2. The van der Waals surface area contributed by atoms with E-state index < -0.39 is 0 Å². The van der Waals surface area contributed by atoms with E-state index in [0.717, 1.165) is 12.8 Å². The second-order valence-corrected chi connectivity index (χ2v) is 9.85. The standard InChI is InChI=1S/C25H34O/c1-16(2)22-20-13-17(3)18(4)15-25(23(20)26,24(5,6)7)21(22)14-19-11-9-8-10-12-19/h8-12,14,16,20,22H,13,15H2,1-7H3/b21-14-/t20-,22+,25+/m1/s1. The highest BCUT2D eigenvalue weighted by Crippen LogP contribution is 2.64. The van der Waals surface area contributed by atoms with Crippen LogP contribution in [0.25, 0.3) is 6.08 Å². The second kappa shape index (κ2) is 6.51. The zero-order chi connectivity index (χ0) is 19.3. The summed E-state index contributed by atoms with van der Waals surface area (Å²) >= 11 is 0. The molecule has 1 aromatic rings. The molecule has 3 atom stereocenters. The molecule has 1 heteroatoms. The van der Waals surface area contributed by atoms with E-state index in [1.54, 1.807) is 0 Å². The molecular formula is C25H34O. The Kier molecular flexibility index (Phi) is 4.80. The number of hydrogen-bond acceptors (Lipinski definition) is 1. The topological polar surface area (TPSA) is 17.1 Å². The molecule has 1 fully saturated rings. The average Bonchev–Trinajstić information content (AvgIpc) is 2.72. The van der Waals surface area contributed by atoms with Gasteiger partial charge in [0.2, 0.25) is 0 Å². The summed E-state index contributed by atoms with van der Waals surface area (Å²) in [6.45, 7) is 15.8. The van der Waals surface area contributed by atoms with Gasteiger partial charge in [0.15, 0.2) is 0 Å². The van der Waals surface area contributed by atoms with Crippen molar-refractivity contribution >= 4 is 11.9 Å². The Morgan fingerprint density at radius 2 is 1.69 bits per heavy atom. The van der Waals surface area contributed by atoms with Crippen LogP contribution in [0.3, 0.4) is 0 Å². The van der Waals surface area contributed by atoms with E-state index in [1.165, 1.54) is 22.3 Å². The Morgan fingerprint density at radius 1 is 1.08 bits per heavy atom. The molecule has 0 spiro atoms. The average molecular weight is 351 g/mol. The number of carbonyl (C=O) groups is 1. The maximum absolute atomic E-state index is 13.9. The molecule has 1 aromatic carbocycles. The minimum atomic E-state index is -0.385. The van der Waals surface area contributed by atoms with E-state index in [-0.39, 0.29) is 16.7 Å². The minimum absolute atomic E-state index is 0.0987. The first-order valence-corrected chi connectivity index (χ1v) is 10.1. The van der Waals surface area contributed by atoms with E-state index in [4.69, 9.17) is 0 Å². The number of carbonyl (C=O) groups excluding carboxylic acids is 1. The molecule has 3 rings (SSSR count). The van der Waals surface area contributed by atoms with Crippen molar-refractivity contribution in [2.45, 2.75) is 61.3 Å². The fourth-order valence-electron chi connectivity index (χ4n) is 5.42. The van der Waals surface area contributed by atoms with Crippen LogP contribution in [0.2, 0.25) is 0 Å². The highest BCUT2D eigenvalue weighted by Gasteiger charge is 2.62. The molecule has 1 nitrogen and oxygen atoms in total. The first kappa shape index (κ1) is 19.1. The van der Waals surface area contributed by atoms with Gasteiger partial charge in [-0.25, -0.2) is 0 Å². The van der Waals surface area contributed by atoms with Gasteiger partial charge < -0.3 is 0 Å². The van der Waals surface area contributed by atoms with Crippen LogP contribution in [0, 0.1) is 28.6 Å². The molecule has 0 N–H and O–H groups in total. The van der Waals surface area contributed by atoms with Crippen LogP contribution in [-0.4, -0.2) is 5.78 Å². The first-order valence-electron chi connectivity index (χ1n) is 10.1. The summed E-state index contributed by atoms with van der Waals surface area (Å²) in [6, 6.07) is 10.6. The quantitative estimate of drug-likeness (QED) is 0.542. The van der Waals surface area contributed by atoms with Gasteiger partial charge in [0.1, 0.15) is 5.78 Å². The van der Waals surface area contributed by atoms with Crippen molar-refractivity contribution in [1.29, 1.82) is 0 Å². The number of fused-ring (bicyclic) bond motifs is 2. The molecule has 26 heavy (non-hydrogen) atoms. The van der Waals surface area contributed by atoms with E-state index in [1.807, 2.05) is 0 Å². The first-order chi connectivity index (χ1) is 12.1. The molecule has 0 aromatic heterocycles. The Bertz CT molecular complexity index is 757. The van der Waals surface area contributed by atoms with Crippen LogP contribution in [0.15, 0.2) is 47.1 Å². The van der Waals surface area contributed by atoms with E-state index in [9.17, 15) is 4.79 Å². The summed E-state index contributed by atoms with van der Waals surface area (Å²) in [5, 5.41) is 0. The van der Waals surface area contributed by atoms with Crippen molar-refractivity contribution in [3.8, 4) is 0 Å². The fraction of sp³-hybridized carbons (Fsp3) is 0.560. The summed E-state index contributed by atoms with van der Waals surface area (Å²) in [7, 11) is 0. The number of allylic oxidation sites excluding steroid dienone is 3. The maximum atomic E-state index is 13.9. The van der Waals surface area contributed by atoms with E-state index in [0.29, 0.717) is 17.6 Å². The highest BCUT2D eigenvalue weighted by molar-refractivity contribution is 5.97. The highest BCUT2D eigenvalue weighted by atomic mass is 16.1. The molecular weight excluding hydrogens is 316 g/mol. The van der Waals surface area contributed by atoms with Crippen molar-refractivity contribution in [3.63, 3.8) is 0 Å². The SMILES string of the molecule is CC1=C(C)C[C@@]2(C(C)(C)C)C(=O)[C@H](C1)[C@H](C(C)C)/C2=C/c1ccccc1. The summed E-state index contributed by atoms with van der Waals surface area (Å²) in [5.74, 6) is 1.42. The summed E-state index contributed by atoms with van der Waals surface area (Å²) in [5.41, 5.74) is 4.96. The molecule has 1 saturated carbocycles. The van der Waals surface area contributed by atoms with Crippen molar-refractivity contribution < 1.29 is 4.79 Å². The third kappa shape index (κ3) is 2.80. The van der Waals surface area contributed by atoms with Gasteiger partial charge in [-0.1, -0.05) is 87.7 Å². The lowest BCUT2D eigenvalue weighted by Crippen LogP contribution is -2.42. The lowest BCUT2D eigenvalue weighted by atomic mass is 9.58. The Balaban J connectivity index is 2.31. The molecule has 0 radical (unpaired) electrons. The Morgan fingerprint density at radius 3 is 2.23 bits per heavy atom. The molecule has 0 saturated heterocycles. The Hall–Kier alpha value is -1.63. The minimum Gasteiger partial charge on any atom is -0.298 e. The van der Waals surface area contributed by atoms with Gasteiger partial charge in [-0.3, -0.25) is 4.79 Å². The third-order valence-electron chi connectivity index (χ3n) is 6.95. The zero-order valence-electron chi connectivity index (χ0n) is 17.5. The molecule has 2 aliphatic rings. The normalized spacial score (nSPS) is 31.1. The predicted octanol–water partition coefficient (Wildman–Crippen LogP) is 6.70. The van der Waals surface area contributed by atoms with Gasteiger partial charge in [0.25, 0.3) is 0 Å². The molecule has 0 heterocycles. The third-order valence-corrected chi connectivity index (χ3v) is 6.95. The summed E-state index contributed by atoms with van der Waals surface area (Å²) in [6.07, 6.45) is 4.15. The smallest absolute Gasteiger partial charge is 0.147 e. The zero-order valence-corrected chi connectivity index (χ0v) is 17.5. The molecule has 0 amide bonds. The molecule has 2 aliphatic carbocycles. The van der Waals surface area contributed by atoms with Crippen LogP contribution in [0.1, 0.15) is 66.9 Å². The van der Waals surface area contributed by atoms with Gasteiger partial charge in [0, 0.05) is 5.92 Å². The molecule has 0 unspecified atom stereocenters. The van der Waals surface area contributed by atoms with Gasteiger partial charge in [-0.2, -0.15) is 0 Å². The number of ketones is 1. The van der Waals surface area contributed by atoms with E-state index >= 15 is 0 Å². The summed E-state index contributed by atoms with van der Waals surface area (Å²) in [4.78, 5) is 13.9. The maximum Gasteiger partial charge on any atom is 0.147 e. The Labute approximate surface area is 159 Å². The van der Waals surface area contributed by atoms with Crippen LogP contribution >= 0.6 is 0 Å². The number of hydrogen-bond donors (Lipinski definition) is 0. The van der Waals surface area contributed by atoms with Crippen LogP contribution in [-0.2, 0) is 4.79 Å². The molecule has 0 aliphatic heterocycles. The predicted molar refractivity (Wildman–Crippen MR) is 111 cm³/mol. The number of benzene rings is 1. The van der Waals surface area contributed by atoms with Gasteiger partial charge >= 0.3 is 0 Å². The van der Waals surface area contributed by atoms with Gasteiger partial charge in [-0.15, -0.1) is 0 Å². The fourth-order valence-corrected chi connectivity index (χ4v) is 5.42. The van der Waals surface area contributed by atoms with Crippen LogP contribution in [0.5, 0.6) is 0 Å². The second-order valence-electron chi connectivity index (χ2n) is 9.85. The van der Waals surface area contributed by atoms with Crippen molar-refractivity contribution in [2.75, 3.05) is 0 Å². The molecule has 2 bridgehead atoms. The van der Waals surface area contributed by atoms with Crippen molar-refractivity contribution in [2.24, 2.45) is 28.6 Å². The molecule has 140 valence electrons.